The molecular formula is C22H30N4O4. The predicted octanol–water partition coefficient (Wildman–Crippen LogP) is 2.70. The fourth-order valence-electron chi connectivity index (χ4n) is 3.88. The molecule has 0 radical (unpaired) electrons. The third-order valence-electron chi connectivity index (χ3n) is 5.54. The van der Waals surface area contributed by atoms with Crippen LogP contribution in [0.1, 0.15) is 44.1 Å². The third-order valence-corrected chi connectivity index (χ3v) is 5.54. The summed E-state index contributed by atoms with van der Waals surface area (Å²) in [6, 6.07) is 9.60. The molecule has 1 fully saturated rings. The maximum atomic E-state index is 12.6. The van der Waals surface area contributed by atoms with Crippen LogP contribution in [-0.4, -0.2) is 29.2 Å². The smallest absolute Gasteiger partial charge is 0.330 e. The van der Waals surface area contributed by atoms with Crippen molar-refractivity contribution in [1.82, 2.24) is 9.55 Å². The Balaban J connectivity index is 1.82. The standard InChI is InChI=1S/C22H30N4O4/c1-30-14-13-26-20(24-18(27)12-11-16-7-5-6-8-16)19(21(28)25-22(26)29)23-15-17-9-3-2-4-10-17/h2-4,9-10,16,23H,5-8,11-15H2,1H3,(H,24,27)(H,25,28,29). The first-order valence-corrected chi connectivity index (χ1v) is 10.5. The van der Waals surface area contributed by atoms with E-state index in [2.05, 4.69) is 15.6 Å². The number of nitrogens with zero attached hydrogens (tertiary/aromatic N) is 1. The molecule has 162 valence electrons. The maximum Gasteiger partial charge on any atom is 0.330 e. The number of hydrogen-bond donors (Lipinski definition) is 3. The highest BCUT2D eigenvalue weighted by molar-refractivity contribution is 5.92. The molecule has 2 aromatic rings. The quantitative estimate of drug-likeness (QED) is 0.554. The second kappa shape index (κ2) is 10.8. The van der Waals surface area contributed by atoms with Crippen molar-refractivity contribution in [2.24, 2.45) is 5.92 Å². The highest BCUT2D eigenvalue weighted by Gasteiger charge is 2.20. The van der Waals surface area contributed by atoms with Crippen LogP contribution in [0, 0.1) is 5.92 Å². The van der Waals surface area contributed by atoms with E-state index in [-0.39, 0.29) is 30.6 Å². The molecule has 1 aromatic heterocycles. The number of anilines is 2. The molecule has 1 heterocycles. The van der Waals surface area contributed by atoms with Crippen LogP contribution in [0.3, 0.4) is 0 Å². The molecule has 0 aliphatic heterocycles. The Morgan fingerprint density at radius 3 is 2.63 bits per heavy atom. The zero-order valence-electron chi connectivity index (χ0n) is 17.4. The van der Waals surface area contributed by atoms with Gasteiger partial charge in [0.2, 0.25) is 5.91 Å². The largest absolute Gasteiger partial charge is 0.383 e. The van der Waals surface area contributed by atoms with Gasteiger partial charge in [0.1, 0.15) is 11.5 Å². The molecular weight excluding hydrogens is 384 g/mol. The minimum absolute atomic E-state index is 0.170. The molecule has 3 N–H and O–H groups in total. The van der Waals surface area contributed by atoms with Gasteiger partial charge >= 0.3 is 5.69 Å². The normalized spacial score (nSPS) is 14.0. The third kappa shape index (κ3) is 5.82. The van der Waals surface area contributed by atoms with Crippen LogP contribution < -0.4 is 21.9 Å². The van der Waals surface area contributed by atoms with Gasteiger partial charge in [0.15, 0.2) is 0 Å². The lowest BCUT2D eigenvalue weighted by atomic mass is 10.0. The second-order valence-electron chi connectivity index (χ2n) is 7.70. The van der Waals surface area contributed by atoms with Gasteiger partial charge in [-0.05, 0) is 17.9 Å². The Morgan fingerprint density at radius 1 is 1.20 bits per heavy atom. The van der Waals surface area contributed by atoms with E-state index in [9.17, 15) is 14.4 Å². The number of aromatic amines is 1. The summed E-state index contributed by atoms with van der Waals surface area (Å²) in [4.78, 5) is 39.9. The molecule has 30 heavy (non-hydrogen) atoms. The fourth-order valence-corrected chi connectivity index (χ4v) is 3.88. The lowest BCUT2D eigenvalue weighted by Crippen LogP contribution is -2.36. The van der Waals surface area contributed by atoms with E-state index in [1.165, 1.54) is 37.4 Å². The Kier molecular flexibility index (Phi) is 7.84. The van der Waals surface area contributed by atoms with Gasteiger partial charge in [-0.1, -0.05) is 56.0 Å². The lowest BCUT2D eigenvalue weighted by molar-refractivity contribution is -0.116. The monoisotopic (exact) mass is 414 g/mol. The van der Waals surface area contributed by atoms with Crippen LogP contribution in [0.15, 0.2) is 39.9 Å². The van der Waals surface area contributed by atoms with Gasteiger partial charge in [0, 0.05) is 20.1 Å². The summed E-state index contributed by atoms with van der Waals surface area (Å²) >= 11 is 0. The number of amides is 1. The minimum atomic E-state index is -0.576. The molecule has 0 unspecified atom stereocenters. The number of carbonyl (C=O) groups excluding carboxylic acids is 1. The van der Waals surface area contributed by atoms with E-state index >= 15 is 0 Å². The van der Waals surface area contributed by atoms with Crippen LogP contribution in [0.25, 0.3) is 0 Å². The second-order valence-corrected chi connectivity index (χ2v) is 7.70. The molecule has 8 nitrogen and oxygen atoms in total. The topological polar surface area (TPSA) is 105 Å². The van der Waals surface area contributed by atoms with Gasteiger partial charge in [-0.25, -0.2) is 4.79 Å². The Morgan fingerprint density at radius 2 is 1.93 bits per heavy atom. The first-order valence-electron chi connectivity index (χ1n) is 10.5. The number of carbonyl (C=O) groups is 1. The van der Waals surface area contributed by atoms with Crippen molar-refractivity contribution in [3.63, 3.8) is 0 Å². The van der Waals surface area contributed by atoms with Gasteiger partial charge in [-0.15, -0.1) is 0 Å². The summed E-state index contributed by atoms with van der Waals surface area (Å²) in [6.07, 6.45) is 5.98. The van der Waals surface area contributed by atoms with Crippen molar-refractivity contribution >= 4 is 17.4 Å². The summed E-state index contributed by atoms with van der Waals surface area (Å²) in [5.74, 6) is 0.579. The highest BCUT2D eigenvalue weighted by Crippen LogP contribution is 2.28. The molecule has 8 heteroatoms. The van der Waals surface area contributed by atoms with Crippen molar-refractivity contribution in [2.45, 2.75) is 51.6 Å². The zero-order valence-corrected chi connectivity index (χ0v) is 17.4. The van der Waals surface area contributed by atoms with Crippen molar-refractivity contribution < 1.29 is 9.53 Å². The maximum absolute atomic E-state index is 12.6. The first-order chi connectivity index (χ1) is 14.6. The predicted molar refractivity (Wildman–Crippen MR) is 117 cm³/mol. The summed E-state index contributed by atoms with van der Waals surface area (Å²) in [5.41, 5.74) is 0.0120. The van der Waals surface area contributed by atoms with Gasteiger partial charge in [-0.3, -0.25) is 19.1 Å². The molecule has 1 aliphatic carbocycles. The van der Waals surface area contributed by atoms with Gasteiger partial charge in [0.25, 0.3) is 5.56 Å². The Labute approximate surface area is 175 Å². The molecule has 0 saturated heterocycles. The molecule has 1 amide bonds. The number of H-pyrrole nitrogens is 1. The summed E-state index contributed by atoms with van der Waals surface area (Å²) in [7, 11) is 1.53. The van der Waals surface area contributed by atoms with Crippen molar-refractivity contribution in [1.29, 1.82) is 0 Å². The molecule has 1 aliphatic rings. The number of methoxy groups -OCH3 is 1. The van der Waals surface area contributed by atoms with Crippen molar-refractivity contribution in [3.05, 3.63) is 56.7 Å². The zero-order chi connectivity index (χ0) is 21.3. The Hall–Kier alpha value is -2.87. The SMILES string of the molecule is COCCn1c(NC(=O)CCC2CCCC2)c(NCc2ccccc2)c(=O)[nH]c1=O. The number of nitrogens with one attached hydrogen (secondary N) is 3. The number of ether oxygens (including phenoxy) is 1. The van der Waals surface area contributed by atoms with Crippen LogP contribution >= 0.6 is 0 Å². The molecule has 0 bridgehead atoms. The molecule has 3 rings (SSSR count). The van der Waals surface area contributed by atoms with Crippen molar-refractivity contribution in [3.8, 4) is 0 Å². The average Bonchev–Trinajstić information content (AvgIpc) is 3.26. The van der Waals surface area contributed by atoms with Gasteiger partial charge in [0.05, 0.1) is 13.2 Å². The molecule has 1 aromatic carbocycles. The van der Waals surface area contributed by atoms with E-state index < -0.39 is 11.2 Å². The average molecular weight is 415 g/mol. The summed E-state index contributed by atoms with van der Waals surface area (Å²) in [5, 5.41) is 5.90. The molecule has 0 spiro atoms. The van der Waals surface area contributed by atoms with Crippen LogP contribution in [0.2, 0.25) is 0 Å². The molecule has 1 saturated carbocycles. The van der Waals surface area contributed by atoms with E-state index in [0.717, 1.165) is 12.0 Å². The van der Waals surface area contributed by atoms with E-state index in [1.54, 1.807) is 0 Å². The van der Waals surface area contributed by atoms with E-state index in [0.29, 0.717) is 18.9 Å². The fraction of sp³-hybridized carbons (Fsp3) is 0.500. The van der Waals surface area contributed by atoms with Crippen LogP contribution in [0.4, 0.5) is 11.5 Å². The number of rotatable bonds is 10. The number of hydrogen-bond acceptors (Lipinski definition) is 5. The van der Waals surface area contributed by atoms with E-state index in [1.807, 2.05) is 30.3 Å². The van der Waals surface area contributed by atoms with Gasteiger partial charge < -0.3 is 15.4 Å². The van der Waals surface area contributed by atoms with Crippen molar-refractivity contribution in [2.75, 3.05) is 24.4 Å². The summed E-state index contributed by atoms with van der Waals surface area (Å²) in [6.45, 7) is 0.872. The minimum Gasteiger partial charge on any atom is -0.383 e. The molecule has 0 atom stereocenters. The number of benzene rings is 1. The van der Waals surface area contributed by atoms with Crippen LogP contribution in [0.5, 0.6) is 0 Å². The first kappa shape index (κ1) is 21.8. The van der Waals surface area contributed by atoms with Crippen LogP contribution in [-0.2, 0) is 22.6 Å². The number of aromatic nitrogens is 2. The lowest BCUT2D eigenvalue weighted by Gasteiger charge is -2.18. The highest BCUT2D eigenvalue weighted by atomic mass is 16.5. The van der Waals surface area contributed by atoms with E-state index in [4.69, 9.17) is 4.74 Å². The Bertz CT molecular complexity index is 946. The summed E-state index contributed by atoms with van der Waals surface area (Å²) < 4.78 is 6.43. The van der Waals surface area contributed by atoms with Gasteiger partial charge in [-0.2, -0.15) is 0 Å².